The van der Waals surface area contributed by atoms with E-state index in [1.54, 1.807) is 24.3 Å². The van der Waals surface area contributed by atoms with E-state index in [2.05, 4.69) is 9.97 Å². The third kappa shape index (κ3) is 3.59. The zero-order valence-corrected chi connectivity index (χ0v) is 11.1. The monoisotopic (exact) mass is 296 g/mol. The average Bonchev–Trinajstić information content (AvgIpc) is 2.46. The summed E-state index contributed by atoms with van der Waals surface area (Å²) in [5, 5.41) is 18.1. The number of alkyl halides is 3. The van der Waals surface area contributed by atoms with Crippen molar-refractivity contribution >= 4 is 12.8 Å². The maximum atomic E-state index is 12.8. The molecule has 4 nitrogen and oxygen atoms in total. The van der Waals surface area contributed by atoms with Crippen LogP contribution in [0.15, 0.2) is 30.3 Å². The molecule has 0 saturated carbocycles. The van der Waals surface area contributed by atoms with Crippen LogP contribution in [0.1, 0.15) is 18.2 Å². The van der Waals surface area contributed by atoms with Crippen molar-refractivity contribution in [3.8, 4) is 11.3 Å². The maximum absolute atomic E-state index is 12.8. The van der Waals surface area contributed by atoms with Gasteiger partial charge >= 0.3 is 13.3 Å². The fourth-order valence-corrected chi connectivity index (χ4v) is 1.79. The molecule has 1 aromatic heterocycles. The molecule has 110 valence electrons. The minimum Gasteiger partial charge on any atom is -0.421 e. The number of benzene rings is 1. The van der Waals surface area contributed by atoms with Crippen LogP contribution in [0.3, 0.4) is 0 Å². The Morgan fingerprint density at radius 1 is 1.10 bits per heavy atom. The van der Waals surface area contributed by atoms with E-state index in [0.29, 0.717) is 5.56 Å². The molecule has 0 atom stereocenters. The molecule has 0 amide bonds. The van der Waals surface area contributed by atoms with Gasteiger partial charge in [0, 0.05) is 5.56 Å². The van der Waals surface area contributed by atoms with E-state index < -0.39 is 24.7 Å². The molecule has 1 aromatic carbocycles. The fourth-order valence-electron chi connectivity index (χ4n) is 1.79. The summed E-state index contributed by atoms with van der Waals surface area (Å²) in [5.41, 5.74) is -0.425. The molecule has 2 aromatic rings. The largest absolute Gasteiger partial charge is 0.528 e. The number of hydrogen-bond acceptors (Lipinski definition) is 4. The number of rotatable bonds is 3. The van der Waals surface area contributed by atoms with Gasteiger partial charge in [0.25, 0.3) is 0 Å². The Labute approximate surface area is 119 Å². The van der Waals surface area contributed by atoms with Crippen molar-refractivity contribution in [2.45, 2.75) is 19.5 Å². The molecule has 0 aliphatic rings. The second-order valence-corrected chi connectivity index (χ2v) is 4.42. The highest BCUT2D eigenvalue weighted by Crippen LogP contribution is 2.29. The van der Waals surface area contributed by atoms with E-state index >= 15 is 0 Å². The van der Waals surface area contributed by atoms with Crippen LogP contribution in [0.5, 0.6) is 0 Å². The first-order valence-electron chi connectivity index (χ1n) is 6.23. The van der Waals surface area contributed by atoms with E-state index in [-0.39, 0.29) is 5.69 Å². The summed E-state index contributed by atoms with van der Waals surface area (Å²) in [6.07, 6.45) is -3.89. The molecule has 0 aliphatic carbocycles. The van der Waals surface area contributed by atoms with Crippen molar-refractivity contribution in [2.75, 3.05) is 0 Å². The highest BCUT2D eigenvalue weighted by Gasteiger charge is 2.35. The van der Waals surface area contributed by atoms with Gasteiger partial charge in [0.15, 0.2) is 5.72 Å². The normalized spacial score (nSPS) is 11.5. The van der Waals surface area contributed by atoms with Crippen LogP contribution in [0.4, 0.5) is 13.2 Å². The fraction of sp³-hybridized carbons (Fsp3) is 0.231. The van der Waals surface area contributed by atoms with Gasteiger partial charge in [-0.1, -0.05) is 31.2 Å². The molecule has 8 heteroatoms. The van der Waals surface area contributed by atoms with Gasteiger partial charge in [-0.05, 0) is 18.1 Å². The van der Waals surface area contributed by atoms with Gasteiger partial charge in [-0.3, -0.25) is 0 Å². The Balaban J connectivity index is 2.53. The molecule has 21 heavy (non-hydrogen) atoms. The summed E-state index contributed by atoms with van der Waals surface area (Å²) < 4.78 is 38.4. The molecule has 2 N–H and O–H groups in total. The van der Waals surface area contributed by atoms with Gasteiger partial charge in [0.1, 0.15) is 5.69 Å². The molecular weight excluding hydrogens is 284 g/mol. The topological polar surface area (TPSA) is 66.2 Å². The van der Waals surface area contributed by atoms with Gasteiger partial charge in [0.05, 0.1) is 5.69 Å². The third-order valence-electron chi connectivity index (χ3n) is 2.92. The van der Waals surface area contributed by atoms with E-state index in [1.807, 2.05) is 6.92 Å². The lowest BCUT2D eigenvalue weighted by molar-refractivity contribution is -0.141. The van der Waals surface area contributed by atoms with Crippen LogP contribution in [-0.2, 0) is 12.6 Å². The van der Waals surface area contributed by atoms with Gasteiger partial charge in [0.2, 0.25) is 0 Å². The predicted octanol–water partition coefficient (Wildman–Crippen LogP) is 1.40. The van der Waals surface area contributed by atoms with E-state index in [4.69, 9.17) is 10.0 Å². The molecule has 0 spiro atoms. The summed E-state index contributed by atoms with van der Waals surface area (Å²) in [6, 6.07) is 7.61. The Morgan fingerprint density at radius 2 is 1.71 bits per heavy atom. The number of hydrogen-bond donors (Lipinski definition) is 2. The highest BCUT2D eigenvalue weighted by atomic mass is 19.4. The van der Waals surface area contributed by atoms with Crippen molar-refractivity contribution in [1.29, 1.82) is 0 Å². The van der Waals surface area contributed by atoms with Crippen molar-refractivity contribution < 1.29 is 23.2 Å². The van der Waals surface area contributed by atoms with Crippen LogP contribution in [0.2, 0.25) is 0 Å². The van der Waals surface area contributed by atoms with Crippen molar-refractivity contribution in [1.82, 2.24) is 9.97 Å². The van der Waals surface area contributed by atoms with Crippen molar-refractivity contribution in [3.05, 3.63) is 41.6 Å². The number of aromatic nitrogens is 2. The summed E-state index contributed by atoms with van der Waals surface area (Å²) in [5.74, 6) is 0. The third-order valence-corrected chi connectivity index (χ3v) is 2.92. The number of halogens is 3. The molecule has 0 bridgehead atoms. The van der Waals surface area contributed by atoms with Crippen LogP contribution < -0.4 is 5.72 Å². The van der Waals surface area contributed by atoms with Gasteiger partial charge < -0.3 is 10.0 Å². The van der Waals surface area contributed by atoms with E-state index in [0.717, 1.165) is 18.1 Å². The maximum Gasteiger partial charge on any atom is 0.528 e. The van der Waals surface area contributed by atoms with Crippen molar-refractivity contribution in [2.24, 2.45) is 0 Å². The van der Waals surface area contributed by atoms with Gasteiger partial charge in [-0.15, -0.1) is 0 Å². The second-order valence-electron chi connectivity index (χ2n) is 4.42. The van der Waals surface area contributed by atoms with Crippen LogP contribution in [-0.4, -0.2) is 27.1 Å². The summed E-state index contributed by atoms with van der Waals surface area (Å²) in [6.45, 7) is 1.96. The highest BCUT2D eigenvalue weighted by molar-refractivity contribution is 6.56. The minimum absolute atomic E-state index is 0.0110. The quantitative estimate of drug-likeness (QED) is 0.840. The Morgan fingerprint density at radius 3 is 2.19 bits per heavy atom. The first kappa shape index (κ1) is 15.5. The Kier molecular flexibility index (Phi) is 4.29. The summed E-state index contributed by atoms with van der Waals surface area (Å²) >= 11 is 0. The molecule has 1 heterocycles. The lowest BCUT2D eigenvalue weighted by Gasteiger charge is -2.10. The molecule has 0 saturated heterocycles. The summed E-state index contributed by atoms with van der Waals surface area (Å²) in [4.78, 5) is 6.89. The molecule has 0 unspecified atom stereocenters. The first-order chi connectivity index (χ1) is 9.81. The molecule has 2 rings (SSSR count). The SMILES string of the molecule is CCc1ccc(-c2cc(C(F)(F)F)nc(B(O)O)n2)cc1. The zero-order valence-electron chi connectivity index (χ0n) is 11.1. The standard InChI is InChI=1S/C13H12BF3N2O2/c1-2-8-3-5-9(6-4-8)10-7-11(13(15,16)17)19-12(18-10)14(20)21/h3-7,20-21H,2H2,1H3. The molecule has 0 aliphatic heterocycles. The van der Waals surface area contributed by atoms with Crippen LogP contribution >= 0.6 is 0 Å². The second kappa shape index (κ2) is 5.83. The zero-order chi connectivity index (χ0) is 15.6. The van der Waals surface area contributed by atoms with Crippen LogP contribution in [0.25, 0.3) is 11.3 Å². The smallest absolute Gasteiger partial charge is 0.421 e. The Bertz CT molecular complexity index is 630. The molecule has 0 fully saturated rings. The van der Waals surface area contributed by atoms with Gasteiger partial charge in [-0.25, -0.2) is 9.97 Å². The molecular formula is C13H12BF3N2O2. The average molecular weight is 296 g/mol. The Hall–Kier alpha value is -1.93. The van der Waals surface area contributed by atoms with Crippen molar-refractivity contribution in [3.63, 3.8) is 0 Å². The van der Waals surface area contributed by atoms with E-state index in [9.17, 15) is 13.2 Å². The number of aryl methyl sites for hydroxylation is 1. The predicted molar refractivity (Wildman–Crippen MR) is 71.7 cm³/mol. The molecule has 0 radical (unpaired) electrons. The lowest BCUT2D eigenvalue weighted by atomic mass is 9.90. The summed E-state index contributed by atoms with van der Waals surface area (Å²) in [7, 11) is -2.17. The minimum atomic E-state index is -4.69. The lowest BCUT2D eigenvalue weighted by Crippen LogP contribution is -2.37. The van der Waals surface area contributed by atoms with Crippen LogP contribution in [0, 0.1) is 0 Å². The van der Waals surface area contributed by atoms with E-state index in [1.165, 1.54) is 0 Å². The number of nitrogens with zero attached hydrogens (tertiary/aromatic N) is 2. The first-order valence-corrected chi connectivity index (χ1v) is 6.23. The van der Waals surface area contributed by atoms with Gasteiger partial charge in [-0.2, -0.15) is 13.2 Å².